The molecule has 0 unspecified atom stereocenters. The molecule has 2 aromatic carbocycles. The summed E-state index contributed by atoms with van der Waals surface area (Å²) in [5.74, 6) is 0.251. The first-order valence-corrected chi connectivity index (χ1v) is 9.60. The number of amidine groups is 1. The molecule has 1 aliphatic rings. The van der Waals surface area contributed by atoms with E-state index in [2.05, 4.69) is 15.0 Å². The van der Waals surface area contributed by atoms with Crippen molar-refractivity contribution in [2.75, 3.05) is 11.9 Å². The van der Waals surface area contributed by atoms with Gasteiger partial charge in [0.1, 0.15) is 4.90 Å². The van der Waals surface area contributed by atoms with Crippen LogP contribution in [0, 0.1) is 0 Å². The Balaban J connectivity index is 1.76. The summed E-state index contributed by atoms with van der Waals surface area (Å²) in [6.07, 6.45) is 1.57. The van der Waals surface area contributed by atoms with E-state index in [1.165, 1.54) is 12.1 Å². The molecule has 3 N–H and O–H groups in total. The molecule has 3 rings (SSSR count). The van der Waals surface area contributed by atoms with Crippen molar-refractivity contribution in [2.24, 2.45) is 0 Å². The topological polar surface area (TPSA) is 89.2 Å². The quantitative estimate of drug-likeness (QED) is 0.745. The Morgan fingerprint density at radius 3 is 2.56 bits per heavy atom. The van der Waals surface area contributed by atoms with Gasteiger partial charge in [0, 0.05) is 16.3 Å². The fourth-order valence-electron chi connectivity index (χ4n) is 2.45. The first-order chi connectivity index (χ1) is 11.9. The van der Waals surface area contributed by atoms with E-state index in [1.807, 2.05) is 0 Å². The van der Waals surface area contributed by atoms with Gasteiger partial charge in [-0.25, -0.2) is 0 Å². The van der Waals surface area contributed by atoms with E-state index in [0.29, 0.717) is 28.5 Å². The second-order valence-electron chi connectivity index (χ2n) is 5.60. The van der Waals surface area contributed by atoms with E-state index in [1.54, 1.807) is 36.4 Å². The number of carbonyl (C=O) groups is 1. The molecule has 1 amide bonds. The second-order valence-corrected chi connectivity index (χ2v) is 7.72. The molecule has 0 saturated carbocycles. The van der Waals surface area contributed by atoms with Crippen LogP contribution >= 0.6 is 11.6 Å². The SMILES string of the molecule is O=C(Nc1cccc(S(=O)(=O)NC2=[NH+]CCC2)c1)c1ccc(Cl)cc1. The van der Waals surface area contributed by atoms with E-state index < -0.39 is 10.0 Å². The Kier molecular flexibility index (Phi) is 5.06. The van der Waals surface area contributed by atoms with E-state index in [-0.39, 0.29) is 10.8 Å². The summed E-state index contributed by atoms with van der Waals surface area (Å²) in [7, 11) is -3.69. The summed E-state index contributed by atoms with van der Waals surface area (Å²) >= 11 is 5.80. The monoisotopic (exact) mass is 378 g/mol. The van der Waals surface area contributed by atoms with Gasteiger partial charge in [0.25, 0.3) is 11.7 Å². The Labute approximate surface area is 151 Å². The molecule has 1 heterocycles. The molecule has 8 heteroatoms. The molecular formula is C17H17ClN3O3S+. The van der Waals surface area contributed by atoms with Crippen molar-refractivity contribution in [1.82, 2.24) is 4.72 Å². The Morgan fingerprint density at radius 1 is 1.12 bits per heavy atom. The molecule has 0 bridgehead atoms. The number of amides is 1. The van der Waals surface area contributed by atoms with Crippen LogP contribution in [0.15, 0.2) is 53.4 Å². The molecule has 0 fully saturated rings. The fourth-order valence-corrected chi connectivity index (χ4v) is 3.73. The fraction of sp³-hybridized carbons (Fsp3) is 0.176. The van der Waals surface area contributed by atoms with Crippen molar-refractivity contribution in [3.8, 4) is 0 Å². The number of rotatable bonds is 4. The maximum Gasteiger partial charge on any atom is 0.328 e. The predicted octanol–water partition coefficient (Wildman–Crippen LogP) is 1.14. The molecular weight excluding hydrogens is 362 g/mol. The first kappa shape index (κ1) is 17.4. The standard InChI is InChI=1S/C17H16ClN3O3S/c18-13-8-6-12(7-9-13)17(22)20-14-3-1-4-15(11-14)25(23,24)21-16-5-2-10-19-16/h1,3-4,6-9,11H,2,5,10H2,(H,19,21)(H,20,22)/p+1. The van der Waals surface area contributed by atoms with Crippen LogP contribution in [-0.4, -0.2) is 26.7 Å². The third kappa shape index (κ3) is 4.37. The normalized spacial score (nSPS) is 14.0. The van der Waals surface area contributed by atoms with Gasteiger partial charge in [0.2, 0.25) is 0 Å². The minimum Gasteiger partial charge on any atom is -0.322 e. The highest BCUT2D eigenvalue weighted by Crippen LogP contribution is 2.17. The first-order valence-electron chi connectivity index (χ1n) is 7.73. The zero-order valence-electron chi connectivity index (χ0n) is 13.3. The third-order valence-electron chi connectivity index (χ3n) is 3.71. The Hall–Kier alpha value is -2.38. The molecule has 2 aromatic rings. The largest absolute Gasteiger partial charge is 0.328 e. The number of sulfonamides is 1. The summed E-state index contributed by atoms with van der Waals surface area (Å²) in [6, 6.07) is 12.6. The van der Waals surface area contributed by atoms with Crippen LogP contribution in [0.5, 0.6) is 0 Å². The summed E-state index contributed by atoms with van der Waals surface area (Å²) in [5.41, 5.74) is 0.828. The van der Waals surface area contributed by atoms with Crippen molar-refractivity contribution < 1.29 is 18.2 Å². The second kappa shape index (κ2) is 7.25. The number of nitrogens with one attached hydrogen (secondary N) is 3. The van der Waals surface area contributed by atoms with Gasteiger partial charge in [-0.15, -0.1) is 0 Å². The van der Waals surface area contributed by atoms with E-state index in [4.69, 9.17) is 11.6 Å². The van der Waals surface area contributed by atoms with E-state index in [9.17, 15) is 13.2 Å². The number of benzene rings is 2. The van der Waals surface area contributed by atoms with Crippen LogP contribution in [0.3, 0.4) is 0 Å². The van der Waals surface area contributed by atoms with Crippen molar-refractivity contribution in [3.63, 3.8) is 0 Å². The summed E-state index contributed by atoms with van der Waals surface area (Å²) in [4.78, 5) is 15.3. The van der Waals surface area contributed by atoms with Gasteiger partial charge in [0.05, 0.1) is 13.0 Å². The highest BCUT2D eigenvalue weighted by atomic mass is 35.5. The molecule has 0 aromatic heterocycles. The number of halogens is 1. The van der Waals surface area contributed by atoms with Gasteiger partial charge < -0.3 is 5.32 Å². The molecule has 6 nitrogen and oxygen atoms in total. The van der Waals surface area contributed by atoms with Crippen molar-refractivity contribution in [3.05, 3.63) is 59.1 Å². The minimum absolute atomic E-state index is 0.0857. The molecule has 0 atom stereocenters. The van der Waals surface area contributed by atoms with Crippen molar-refractivity contribution >= 4 is 39.1 Å². The number of carbonyl (C=O) groups excluding carboxylic acids is 1. The summed E-state index contributed by atoms with van der Waals surface area (Å²) < 4.78 is 27.4. The zero-order valence-corrected chi connectivity index (χ0v) is 14.8. The molecule has 0 spiro atoms. The van der Waals surface area contributed by atoms with Crippen LogP contribution in [0.1, 0.15) is 23.2 Å². The summed E-state index contributed by atoms with van der Waals surface area (Å²) in [5, 5.41) is 3.22. The predicted molar refractivity (Wildman–Crippen MR) is 96.2 cm³/mol. The zero-order chi connectivity index (χ0) is 17.9. The van der Waals surface area contributed by atoms with Gasteiger partial charge in [-0.2, -0.15) is 13.1 Å². The molecule has 0 radical (unpaired) electrons. The van der Waals surface area contributed by atoms with Gasteiger partial charge in [-0.1, -0.05) is 17.7 Å². The highest BCUT2D eigenvalue weighted by Gasteiger charge is 2.24. The van der Waals surface area contributed by atoms with Crippen LogP contribution in [-0.2, 0) is 10.0 Å². The van der Waals surface area contributed by atoms with Crippen molar-refractivity contribution in [1.29, 1.82) is 0 Å². The molecule has 130 valence electrons. The average molecular weight is 379 g/mol. The van der Waals surface area contributed by atoms with Gasteiger partial charge in [-0.05, 0) is 48.9 Å². The molecule has 0 saturated heterocycles. The lowest BCUT2D eigenvalue weighted by atomic mass is 10.2. The third-order valence-corrected chi connectivity index (χ3v) is 5.35. The van der Waals surface area contributed by atoms with E-state index in [0.717, 1.165) is 13.0 Å². The Bertz CT molecular complexity index is 924. The van der Waals surface area contributed by atoms with Crippen LogP contribution in [0.25, 0.3) is 0 Å². The molecule has 25 heavy (non-hydrogen) atoms. The number of hydrogen-bond acceptors (Lipinski definition) is 3. The molecule has 1 aliphatic heterocycles. The molecule has 0 aliphatic carbocycles. The lowest BCUT2D eigenvalue weighted by Crippen LogP contribution is -2.72. The highest BCUT2D eigenvalue weighted by molar-refractivity contribution is 7.90. The van der Waals surface area contributed by atoms with Gasteiger partial charge in [-0.3, -0.25) is 9.79 Å². The van der Waals surface area contributed by atoms with Crippen molar-refractivity contribution in [2.45, 2.75) is 17.7 Å². The minimum atomic E-state index is -3.69. The van der Waals surface area contributed by atoms with E-state index >= 15 is 0 Å². The Morgan fingerprint density at radius 2 is 1.88 bits per heavy atom. The van der Waals surface area contributed by atoms with Gasteiger partial charge >= 0.3 is 10.0 Å². The van der Waals surface area contributed by atoms with Crippen LogP contribution in [0.2, 0.25) is 5.02 Å². The number of anilines is 1. The lowest BCUT2D eigenvalue weighted by Gasteiger charge is -2.07. The smallest absolute Gasteiger partial charge is 0.322 e. The maximum atomic E-state index is 12.4. The average Bonchev–Trinajstić information content (AvgIpc) is 3.08. The van der Waals surface area contributed by atoms with Crippen LogP contribution < -0.4 is 15.0 Å². The lowest BCUT2D eigenvalue weighted by molar-refractivity contribution is -0.448. The van der Waals surface area contributed by atoms with Crippen LogP contribution in [0.4, 0.5) is 5.69 Å². The van der Waals surface area contributed by atoms with Gasteiger partial charge in [0.15, 0.2) is 0 Å². The number of hydrogen-bond donors (Lipinski definition) is 3. The maximum absolute atomic E-state index is 12.4. The summed E-state index contributed by atoms with van der Waals surface area (Å²) in [6.45, 7) is 0.759.